The number of aryl methyl sites for hydroxylation is 2. The van der Waals surface area contributed by atoms with Crippen molar-refractivity contribution < 1.29 is 4.79 Å². The molecule has 0 unspecified atom stereocenters. The molecule has 1 aromatic heterocycles. The van der Waals surface area contributed by atoms with Crippen LogP contribution in [0.4, 0.5) is 0 Å². The maximum atomic E-state index is 12.4. The van der Waals surface area contributed by atoms with Crippen molar-refractivity contribution in [3.63, 3.8) is 0 Å². The maximum Gasteiger partial charge on any atom is 0.220 e. The van der Waals surface area contributed by atoms with Crippen LogP contribution in [0.5, 0.6) is 0 Å². The average molecular weight is 354 g/mol. The molecule has 2 aliphatic rings. The van der Waals surface area contributed by atoms with E-state index in [1.807, 2.05) is 0 Å². The van der Waals surface area contributed by atoms with Crippen LogP contribution in [0.25, 0.3) is 10.9 Å². The van der Waals surface area contributed by atoms with E-state index in [9.17, 15) is 4.79 Å². The molecule has 1 aromatic carbocycles. The average Bonchev–Trinajstić information content (AvgIpc) is 3.01. The van der Waals surface area contributed by atoms with E-state index in [2.05, 4.69) is 52.3 Å². The van der Waals surface area contributed by atoms with Crippen molar-refractivity contribution in [2.75, 3.05) is 19.6 Å². The second-order valence-electron chi connectivity index (χ2n) is 8.09. The van der Waals surface area contributed by atoms with Crippen molar-refractivity contribution in [2.24, 2.45) is 13.0 Å². The Bertz CT molecular complexity index is 764. The second kappa shape index (κ2) is 7.83. The lowest BCUT2D eigenvalue weighted by atomic mass is 9.83. The van der Waals surface area contributed by atoms with Gasteiger partial charge in [0.25, 0.3) is 0 Å². The van der Waals surface area contributed by atoms with Crippen LogP contribution in [0, 0.1) is 5.92 Å². The number of para-hydroxylation sites is 1. The van der Waals surface area contributed by atoms with Gasteiger partial charge in [-0.05, 0) is 62.7 Å². The van der Waals surface area contributed by atoms with Gasteiger partial charge < -0.3 is 14.8 Å². The number of fused-ring (bicyclic) bond motifs is 2. The maximum absolute atomic E-state index is 12.4. The molecule has 1 N–H and O–H groups in total. The summed E-state index contributed by atoms with van der Waals surface area (Å²) in [5.41, 5.74) is 2.51. The fourth-order valence-corrected chi connectivity index (χ4v) is 5.02. The Morgan fingerprint density at radius 1 is 1.15 bits per heavy atom. The summed E-state index contributed by atoms with van der Waals surface area (Å²) in [6.45, 7) is 3.38. The number of hydrogen-bond acceptors (Lipinski definition) is 2. The van der Waals surface area contributed by atoms with Gasteiger partial charge in [-0.25, -0.2) is 0 Å². The molecule has 2 aromatic rings. The number of nitrogens with one attached hydrogen (secondary N) is 1. The Balaban J connectivity index is 1.30. The Morgan fingerprint density at radius 2 is 2.00 bits per heavy atom. The molecule has 0 radical (unpaired) electrons. The van der Waals surface area contributed by atoms with Gasteiger partial charge in [0.05, 0.1) is 0 Å². The van der Waals surface area contributed by atoms with Crippen molar-refractivity contribution in [2.45, 2.75) is 51.0 Å². The second-order valence-corrected chi connectivity index (χ2v) is 8.09. The van der Waals surface area contributed by atoms with Gasteiger partial charge in [-0.15, -0.1) is 0 Å². The molecule has 4 heteroatoms. The number of carbonyl (C=O) groups is 1. The van der Waals surface area contributed by atoms with Gasteiger partial charge in [-0.3, -0.25) is 4.79 Å². The van der Waals surface area contributed by atoms with Crippen LogP contribution in [0.1, 0.15) is 44.1 Å². The summed E-state index contributed by atoms with van der Waals surface area (Å²) in [6, 6.07) is 9.14. The van der Waals surface area contributed by atoms with Crippen molar-refractivity contribution in [1.82, 2.24) is 14.8 Å². The van der Waals surface area contributed by atoms with Gasteiger partial charge in [0.1, 0.15) is 0 Å². The minimum absolute atomic E-state index is 0.200. The number of benzene rings is 1. The van der Waals surface area contributed by atoms with Gasteiger partial charge in [0.15, 0.2) is 0 Å². The van der Waals surface area contributed by atoms with E-state index >= 15 is 0 Å². The third kappa shape index (κ3) is 3.66. The van der Waals surface area contributed by atoms with E-state index in [0.29, 0.717) is 18.4 Å². The normalized spacial score (nSPS) is 23.7. The van der Waals surface area contributed by atoms with Gasteiger partial charge >= 0.3 is 0 Å². The fraction of sp³-hybridized carbons (Fsp3) is 0.591. The lowest BCUT2D eigenvalue weighted by molar-refractivity contribution is -0.121. The molecule has 0 bridgehead atoms. The zero-order valence-electron chi connectivity index (χ0n) is 15.9. The number of piperidine rings is 2. The Morgan fingerprint density at radius 3 is 2.92 bits per heavy atom. The molecule has 140 valence electrons. The SMILES string of the molecule is Cn1cc(CCC(=O)NC[C@H]2CCCN3CCCC[C@H]23)c2ccccc21. The van der Waals surface area contributed by atoms with Crippen LogP contribution < -0.4 is 5.32 Å². The van der Waals surface area contributed by atoms with E-state index in [1.165, 1.54) is 61.7 Å². The minimum Gasteiger partial charge on any atom is -0.356 e. The highest BCUT2D eigenvalue weighted by molar-refractivity contribution is 5.84. The number of aromatic nitrogens is 1. The molecule has 3 heterocycles. The van der Waals surface area contributed by atoms with Crippen LogP contribution in [-0.4, -0.2) is 41.1 Å². The highest BCUT2D eigenvalue weighted by Gasteiger charge is 2.32. The molecular weight excluding hydrogens is 322 g/mol. The molecule has 2 aliphatic heterocycles. The predicted octanol–water partition coefficient (Wildman–Crippen LogP) is 3.49. The van der Waals surface area contributed by atoms with Crippen LogP contribution in [0.3, 0.4) is 0 Å². The molecule has 2 saturated heterocycles. The van der Waals surface area contributed by atoms with E-state index in [4.69, 9.17) is 0 Å². The Hall–Kier alpha value is -1.81. The summed E-state index contributed by atoms with van der Waals surface area (Å²) in [5.74, 6) is 0.844. The summed E-state index contributed by atoms with van der Waals surface area (Å²) in [7, 11) is 2.07. The molecule has 26 heavy (non-hydrogen) atoms. The first-order valence-corrected chi connectivity index (χ1v) is 10.3. The summed E-state index contributed by atoms with van der Waals surface area (Å²) in [4.78, 5) is 15.1. The Labute approximate surface area is 156 Å². The molecule has 0 aliphatic carbocycles. The van der Waals surface area contributed by atoms with Crippen molar-refractivity contribution in [3.8, 4) is 0 Å². The van der Waals surface area contributed by atoms with Crippen LogP contribution in [-0.2, 0) is 18.3 Å². The smallest absolute Gasteiger partial charge is 0.220 e. The first-order valence-electron chi connectivity index (χ1n) is 10.3. The summed E-state index contributed by atoms with van der Waals surface area (Å²) >= 11 is 0. The van der Waals surface area contributed by atoms with Gasteiger partial charge in [0.2, 0.25) is 5.91 Å². The van der Waals surface area contributed by atoms with Crippen LogP contribution >= 0.6 is 0 Å². The molecule has 0 saturated carbocycles. The third-order valence-electron chi connectivity index (χ3n) is 6.39. The highest BCUT2D eigenvalue weighted by atomic mass is 16.1. The summed E-state index contributed by atoms with van der Waals surface area (Å²) in [5, 5.41) is 4.51. The number of amides is 1. The first-order chi connectivity index (χ1) is 12.7. The zero-order valence-corrected chi connectivity index (χ0v) is 15.9. The van der Waals surface area contributed by atoms with E-state index in [-0.39, 0.29) is 5.91 Å². The van der Waals surface area contributed by atoms with E-state index in [0.717, 1.165) is 13.0 Å². The van der Waals surface area contributed by atoms with Crippen molar-refractivity contribution >= 4 is 16.8 Å². The van der Waals surface area contributed by atoms with Gasteiger partial charge in [0, 0.05) is 43.2 Å². The van der Waals surface area contributed by atoms with E-state index < -0.39 is 0 Å². The molecule has 2 atom stereocenters. The number of hydrogen-bond donors (Lipinski definition) is 1. The van der Waals surface area contributed by atoms with E-state index in [1.54, 1.807) is 0 Å². The third-order valence-corrected chi connectivity index (χ3v) is 6.39. The van der Waals surface area contributed by atoms with Crippen molar-refractivity contribution in [3.05, 3.63) is 36.0 Å². The lowest BCUT2D eigenvalue weighted by Gasteiger charge is -2.44. The van der Waals surface area contributed by atoms with Gasteiger partial charge in [-0.1, -0.05) is 24.6 Å². The predicted molar refractivity (Wildman–Crippen MR) is 106 cm³/mol. The fourth-order valence-electron chi connectivity index (χ4n) is 5.02. The molecule has 2 fully saturated rings. The molecule has 4 rings (SSSR count). The topological polar surface area (TPSA) is 37.3 Å². The van der Waals surface area contributed by atoms with Crippen LogP contribution in [0.15, 0.2) is 30.5 Å². The molecule has 1 amide bonds. The standard InChI is InChI=1S/C22H31N3O/c1-24-16-18(19-8-2-3-10-21(19)24)11-12-22(26)23-15-17-7-6-14-25-13-5-4-9-20(17)25/h2-3,8,10,16-17,20H,4-7,9,11-15H2,1H3,(H,23,26)/t17-,20-/m1/s1. The number of carbonyl (C=O) groups excluding carboxylic acids is 1. The monoisotopic (exact) mass is 353 g/mol. The molecular formula is C22H31N3O. The zero-order chi connectivity index (χ0) is 17.9. The van der Waals surface area contributed by atoms with Crippen molar-refractivity contribution in [1.29, 1.82) is 0 Å². The first kappa shape index (κ1) is 17.6. The molecule has 4 nitrogen and oxygen atoms in total. The van der Waals surface area contributed by atoms with Crippen LogP contribution in [0.2, 0.25) is 0 Å². The quantitative estimate of drug-likeness (QED) is 0.893. The highest BCUT2D eigenvalue weighted by Crippen LogP contribution is 2.30. The number of rotatable bonds is 5. The number of nitrogens with zero attached hydrogens (tertiary/aromatic N) is 2. The molecule has 0 spiro atoms. The van der Waals surface area contributed by atoms with Gasteiger partial charge in [-0.2, -0.15) is 0 Å². The summed E-state index contributed by atoms with van der Waals surface area (Å²) in [6.07, 6.45) is 10.1. The lowest BCUT2D eigenvalue weighted by Crippen LogP contribution is -2.51. The summed E-state index contributed by atoms with van der Waals surface area (Å²) < 4.78 is 2.16. The largest absolute Gasteiger partial charge is 0.356 e. The minimum atomic E-state index is 0.200. The Kier molecular flexibility index (Phi) is 5.30.